The van der Waals surface area contributed by atoms with Crippen LogP contribution in [0, 0.1) is 23.7 Å². The minimum absolute atomic E-state index is 0.614. The molecule has 2 aliphatic carbocycles. The lowest BCUT2D eigenvalue weighted by molar-refractivity contribution is 0.291. The molecular formula is C16H23NS. The Morgan fingerprint density at radius 1 is 1.17 bits per heavy atom. The van der Waals surface area contributed by atoms with E-state index in [1.165, 1.54) is 17.0 Å². The van der Waals surface area contributed by atoms with Crippen LogP contribution in [0.25, 0.3) is 0 Å². The largest absolute Gasteiger partial charge is 0.197 e. The monoisotopic (exact) mass is 261 g/mol. The van der Waals surface area contributed by atoms with E-state index >= 15 is 0 Å². The molecule has 98 valence electrons. The molecule has 2 heteroatoms. The summed E-state index contributed by atoms with van der Waals surface area (Å²) in [6, 6.07) is 2.38. The highest BCUT2D eigenvalue weighted by Gasteiger charge is 2.47. The van der Waals surface area contributed by atoms with Crippen LogP contribution >= 0.6 is 11.5 Å². The first-order valence-corrected chi connectivity index (χ1v) is 8.00. The van der Waals surface area contributed by atoms with Crippen molar-refractivity contribution in [1.29, 1.82) is 0 Å². The van der Waals surface area contributed by atoms with Crippen molar-refractivity contribution in [2.45, 2.75) is 46.0 Å². The standard InChI is InChI=1S/C16H23NS/c1-9(2)14-8-13(17-18-14)16-12-6-5-11(7-12)15(16)10(3)4/h5-6,8-12,15-16H,7H2,1-4H3. The van der Waals surface area contributed by atoms with E-state index < -0.39 is 0 Å². The summed E-state index contributed by atoms with van der Waals surface area (Å²) in [5.41, 5.74) is 1.37. The normalized spacial score (nSPS) is 34.1. The fourth-order valence-electron chi connectivity index (χ4n) is 3.92. The lowest BCUT2D eigenvalue weighted by Gasteiger charge is -2.30. The van der Waals surface area contributed by atoms with Crippen LogP contribution < -0.4 is 0 Å². The van der Waals surface area contributed by atoms with Crippen molar-refractivity contribution >= 4 is 11.5 Å². The van der Waals surface area contributed by atoms with Gasteiger partial charge in [-0.25, -0.2) is 0 Å². The Balaban J connectivity index is 1.92. The van der Waals surface area contributed by atoms with Crippen LogP contribution in [0.15, 0.2) is 18.2 Å². The third-order valence-corrected chi connectivity index (χ3v) is 5.85. The van der Waals surface area contributed by atoms with Crippen LogP contribution in [-0.4, -0.2) is 4.37 Å². The second-order valence-corrected chi connectivity index (χ2v) is 7.44. The molecule has 0 amide bonds. The molecule has 4 atom stereocenters. The van der Waals surface area contributed by atoms with Crippen molar-refractivity contribution in [2.24, 2.45) is 23.7 Å². The van der Waals surface area contributed by atoms with E-state index in [0.717, 1.165) is 23.7 Å². The predicted octanol–water partition coefficient (Wildman–Crippen LogP) is 4.83. The number of allylic oxidation sites excluding steroid dienone is 2. The molecule has 0 spiro atoms. The van der Waals surface area contributed by atoms with Crippen molar-refractivity contribution in [3.8, 4) is 0 Å². The molecule has 0 aromatic carbocycles. The number of rotatable bonds is 3. The van der Waals surface area contributed by atoms with Crippen molar-refractivity contribution in [2.75, 3.05) is 0 Å². The van der Waals surface area contributed by atoms with Gasteiger partial charge in [0.2, 0.25) is 0 Å². The third-order valence-electron chi connectivity index (χ3n) is 4.75. The first-order chi connectivity index (χ1) is 8.58. The number of fused-ring (bicyclic) bond motifs is 2. The van der Waals surface area contributed by atoms with Gasteiger partial charge in [-0.1, -0.05) is 39.8 Å². The summed E-state index contributed by atoms with van der Waals surface area (Å²) < 4.78 is 4.78. The molecule has 0 aliphatic heterocycles. The molecule has 4 unspecified atom stereocenters. The zero-order valence-corrected chi connectivity index (χ0v) is 12.6. The Hall–Kier alpha value is -0.630. The Morgan fingerprint density at radius 3 is 2.50 bits per heavy atom. The van der Waals surface area contributed by atoms with Crippen molar-refractivity contribution in [3.63, 3.8) is 0 Å². The molecule has 0 N–H and O–H groups in total. The van der Waals surface area contributed by atoms with Crippen LogP contribution in [0.2, 0.25) is 0 Å². The fraction of sp³-hybridized carbons (Fsp3) is 0.688. The maximum absolute atomic E-state index is 4.78. The van der Waals surface area contributed by atoms with Crippen molar-refractivity contribution < 1.29 is 0 Å². The van der Waals surface area contributed by atoms with Crippen LogP contribution in [0.4, 0.5) is 0 Å². The summed E-state index contributed by atoms with van der Waals surface area (Å²) in [4.78, 5) is 1.44. The van der Waals surface area contributed by atoms with E-state index in [1.807, 2.05) is 0 Å². The second kappa shape index (κ2) is 4.48. The van der Waals surface area contributed by atoms with Gasteiger partial charge in [0.25, 0.3) is 0 Å². The molecule has 1 aromatic rings. The average molecular weight is 261 g/mol. The molecular weight excluding hydrogens is 238 g/mol. The number of hydrogen-bond donors (Lipinski definition) is 0. The van der Waals surface area contributed by atoms with Gasteiger partial charge >= 0.3 is 0 Å². The molecule has 0 saturated heterocycles. The van der Waals surface area contributed by atoms with Crippen LogP contribution in [0.1, 0.15) is 56.5 Å². The van der Waals surface area contributed by atoms with Gasteiger partial charge < -0.3 is 0 Å². The molecule has 2 bridgehead atoms. The molecule has 0 radical (unpaired) electrons. The Bertz CT molecular complexity index is 457. The molecule has 18 heavy (non-hydrogen) atoms. The van der Waals surface area contributed by atoms with Gasteiger partial charge in [-0.05, 0) is 53.6 Å². The van der Waals surface area contributed by atoms with E-state index in [4.69, 9.17) is 4.37 Å². The topological polar surface area (TPSA) is 12.9 Å². The molecule has 2 aliphatic rings. The van der Waals surface area contributed by atoms with Gasteiger partial charge in [0.15, 0.2) is 0 Å². The van der Waals surface area contributed by atoms with Gasteiger partial charge in [0.05, 0.1) is 5.69 Å². The second-order valence-electron chi connectivity index (χ2n) is 6.60. The predicted molar refractivity (Wildman–Crippen MR) is 78.0 cm³/mol. The van der Waals surface area contributed by atoms with Crippen molar-refractivity contribution in [3.05, 3.63) is 28.8 Å². The molecule has 3 rings (SSSR count). The maximum atomic E-state index is 4.78. The van der Waals surface area contributed by atoms with E-state index in [2.05, 4.69) is 45.9 Å². The first-order valence-electron chi connectivity index (χ1n) is 7.22. The van der Waals surface area contributed by atoms with Gasteiger partial charge in [-0.15, -0.1) is 0 Å². The van der Waals surface area contributed by atoms with Crippen molar-refractivity contribution in [1.82, 2.24) is 4.37 Å². The zero-order chi connectivity index (χ0) is 12.9. The highest BCUT2D eigenvalue weighted by Crippen LogP contribution is 2.55. The first kappa shape index (κ1) is 12.4. The lowest BCUT2D eigenvalue weighted by Crippen LogP contribution is -2.22. The van der Waals surface area contributed by atoms with Crippen LogP contribution in [0.3, 0.4) is 0 Å². The Labute approximate surface area is 114 Å². The van der Waals surface area contributed by atoms with Gasteiger partial charge in [-0.3, -0.25) is 0 Å². The molecule has 1 aromatic heterocycles. The zero-order valence-electron chi connectivity index (χ0n) is 11.8. The SMILES string of the molecule is CC(C)c1cc(C2C3C=CC(C3)C2C(C)C)ns1. The summed E-state index contributed by atoms with van der Waals surface area (Å²) in [5.74, 6) is 4.43. The summed E-state index contributed by atoms with van der Waals surface area (Å²) in [5, 5.41) is 0. The smallest absolute Gasteiger partial charge is 0.0585 e. The maximum Gasteiger partial charge on any atom is 0.0585 e. The van der Waals surface area contributed by atoms with Crippen LogP contribution in [0.5, 0.6) is 0 Å². The van der Waals surface area contributed by atoms with Gasteiger partial charge in [0, 0.05) is 10.8 Å². The number of nitrogens with zero attached hydrogens (tertiary/aromatic N) is 1. The lowest BCUT2D eigenvalue weighted by atomic mass is 9.75. The van der Waals surface area contributed by atoms with Gasteiger partial charge in [-0.2, -0.15) is 4.37 Å². The highest BCUT2D eigenvalue weighted by atomic mass is 32.1. The summed E-state index contributed by atoms with van der Waals surface area (Å²) >= 11 is 1.71. The van der Waals surface area contributed by atoms with Gasteiger partial charge in [0.1, 0.15) is 0 Å². The Morgan fingerprint density at radius 2 is 1.89 bits per heavy atom. The minimum Gasteiger partial charge on any atom is -0.197 e. The van der Waals surface area contributed by atoms with E-state index in [9.17, 15) is 0 Å². The fourth-order valence-corrected chi connectivity index (χ4v) is 4.69. The molecule has 1 saturated carbocycles. The van der Waals surface area contributed by atoms with Crippen LogP contribution in [-0.2, 0) is 0 Å². The van der Waals surface area contributed by atoms with E-state index in [-0.39, 0.29) is 0 Å². The summed E-state index contributed by atoms with van der Waals surface area (Å²) in [7, 11) is 0. The summed E-state index contributed by atoms with van der Waals surface area (Å²) in [6.07, 6.45) is 6.27. The molecule has 1 nitrogen and oxygen atoms in total. The quantitative estimate of drug-likeness (QED) is 0.710. The number of hydrogen-bond acceptors (Lipinski definition) is 2. The highest BCUT2D eigenvalue weighted by molar-refractivity contribution is 7.05. The van der Waals surface area contributed by atoms with E-state index in [1.54, 1.807) is 11.5 Å². The summed E-state index contributed by atoms with van der Waals surface area (Å²) in [6.45, 7) is 9.28. The third kappa shape index (κ3) is 1.85. The minimum atomic E-state index is 0.614. The van der Waals surface area contributed by atoms with E-state index in [0.29, 0.717) is 11.8 Å². The Kier molecular flexibility index (Phi) is 3.09. The molecule has 1 fully saturated rings. The number of aromatic nitrogens is 1. The average Bonchev–Trinajstić information content (AvgIpc) is 3.02. The molecule has 1 heterocycles.